The number of imidazole rings is 1. The Bertz CT molecular complexity index is 830. The first-order chi connectivity index (χ1) is 9.80. The first kappa shape index (κ1) is 12.6. The summed E-state index contributed by atoms with van der Waals surface area (Å²) in [6, 6.07) is 3.88. The lowest BCUT2D eigenvalue weighted by Crippen LogP contribution is -1.97. The molecule has 0 radical (unpaired) electrons. The van der Waals surface area contributed by atoms with Gasteiger partial charge >= 0.3 is 0 Å². The Morgan fingerprint density at radius 2 is 2.30 bits per heavy atom. The van der Waals surface area contributed by atoms with Gasteiger partial charge in [-0.15, -0.1) is 0 Å². The van der Waals surface area contributed by atoms with Crippen LogP contribution in [0.3, 0.4) is 0 Å². The van der Waals surface area contributed by atoms with Crippen molar-refractivity contribution in [1.82, 2.24) is 14.4 Å². The average Bonchev–Trinajstić information content (AvgIpc) is 2.86. The van der Waals surface area contributed by atoms with Crippen molar-refractivity contribution in [2.75, 3.05) is 0 Å². The average molecular weight is 265 g/mol. The molecule has 100 valence electrons. The Morgan fingerprint density at radius 1 is 1.45 bits per heavy atom. The fraction of sp³-hybridized carbons (Fsp3) is 0.125. The van der Waals surface area contributed by atoms with Crippen LogP contribution in [0.25, 0.3) is 28.7 Å². The number of aromatic nitrogens is 3. The van der Waals surface area contributed by atoms with Crippen LogP contribution in [0.15, 0.2) is 37.2 Å². The van der Waals surface area contributed by atoms with Crippen molar-refractivity contribution in [3.63, 3.8) is 0 Å². The lowest BCUT2D eigenvalue weighted by atomic mass is 10.2. The third-order valence-corrected chi connectivity index (χ3v) is 3.32. The molecule has 0 saturated carbocycles. The summed E-state index contributed by atoms with van der Waals surface area (Å²) in [5.41, 5.74) is 4.32. The van der Waals surface area contributed by atoms with E-state index >= 15 is 0 Å². The number of hydrogen-bond donors (Lipinski definition) is 1. The number of hydrogen-bond acceptors (Lipinski definition) is 3. The molecule has 0 aromatic carbocycles. The second kappa shape index (κ2) is 4.90. The Labute approximate surface area is 116 Å². The number of pyridine rings is 2. The fourth-order valence-electron chi connectivity index (χ4n) is 2.46. The zero-order chi connectivity index (χ0) is 14.1. The molecule has 20 heavy (non-hydrogen) atoms. The van der Waals surface area contributed by atoms with Crippen LogP contribution in [-0.2, 0) is 6.61 Å². The van der Waals surface area contributed by atoms with Crippen molar-refractivity contribution >= 4 is 28.7 Å². The summed E-state index contributed by atoms with van der Waals surface area (Å²) in [6.07, 6.45) is 9.25. The van der Waals surface area contributed by atoms with Crippen LogP contribution >= 0.6 is 0 Å². The van der Waals surface area contributed by atoms with Crippen molar-refractivity contribution in [3.8, 4) is 0 Å². The quantitative estimate of drug-likeness (QED) is 0.791. The van der Waals surface area contributed by atoms with Gasteiger partial charge in [0.1, 0.15) is 5.65 Å². The summed E-state index contributed by atoms with van der Waals surface area (Å²) in [5.74, 6) is 0. The Hall–Kier alpha value is -2.46. The highest BCUT2D eigenvalue weighted by Gasteiger charge is 2.13. The van der Waals surface area contributed by atoms with Crippen LogP contribution in [0.4, 0.5) is 0 Å². The summed E-state index contributed by atoms with van der Waals surface area (Å²) in [7, 11) is 0. The number of aliphatic hydroxyl groups is 1. The molecule has 3 aromatic rings. The van der Waals surface area contributed by atoms with Crippen molar-refractivity contribution in [3.05, 3.63) is 54.1 Å². The maximum atomic E-state index is 9.58. The summed E-state index contributed by atoms with van der Waals surface area (Å²) in [4.78, 5) is 8.73. The maximum Gasteiger partial charge on any atom is 0.144 e. The van der Waals surface area contributed by atoms with E-state index in [9.17, 15) is 5.11 Å². The molecule has 0 aliphatic heterocycles. The van der Waals surface area contributed by atoms with Crippen LogP contribution < -0.4 is 0 Å². The summed E-state index contributed by atoms with van der Waals surface area (Å²) < 4.78 is 2.04. The number of fused-ring (bicyclic) bond motifs is 3. The third-order valence-electron chi connectivity index (χ3n) is 3.32. The first-order valence-corrected chi connectivity index (χ1v) is 6.44. The molecule has 4 nitrogen and oxygen atoms in total. The number of aliphatic hydroxyl groups excluding tert-OH is 1. The van der Waals surface area contributed by atoms with Crippen molar-refractivity contribution < 1.29 is 5.11 Å². The van der Waals surface area contributed by atoms with Gasteiger partial charge < -0.3 is 5.11 Å². The maximum absolute atomic E-state index is 9.58. The molecule has 0 fully saturated rings. The molecular weight excluding hydrogens is 250 g/mol. The molecular formula is C16H15N3O. The molecule has 3 rings (SSSR count). The third kappa shape index (κ3) is 1.73. The molecule has 0 saturated heterocycles. The minimum Gasteiger partial charge on any atom is -0.392 e. The predicted molar refractivity (Wildman–Crippen MR) is 81.2 cm³/mol. The first-order valence-electron chi connectivity index (χ1n) is 6.44. The van der Waals surface area contributed by atoms with Crippen LogP contribution in [-0.4, -0.2) is 19.5 Å². The Kier molecular flexibility index (Phi) is 3.08. The van der Waals surface area contributed by atoms with Gasteiger partial charge in [0.15, 0.2) is 0 Å². The van der Waals surface area contributed by atoms with E-state index in [4.69, 9.17) is 0 Å². The summed E-state index contributed by atoms with van der Waals surface area (Å²) in [6.45, 7) is 5.73. The Morgan fingerprint density at radius 3 is 3.00 bits per heavy atom. The van der Waals surface area contributed by atoms with Gasteiger partial charge in [0.25, 0.3) is 0 Å². The highest BCUT2D eigenvalue weighted by Crippen LogP contribution is 2.25. The zero-order valence-corrected chi connectivity index (χ0v) is 11.2. The van der Waals surface area contributed by atoms with E-state index in [1.165, 1.54) is 0 Å². The summed E-state index contributed by atoms with van der Waals surface area (Å²) >= 11 is 0. The van der Waals surface area contributed by atoms with Crippen LogP contribution in [0.5, 0.6) is 0 Å². The molecule has 3 aromatic heterocycles. The van der Waals surface area contributed by atoms with Crippen molar-refractivity contribution in [2.24, 2.45) is 0 Å². The highest BCUT2D eigenvalue weighted by molar-refractivity contribution is 5.85. The van der Waals surface area contributed by atoms with Gasteiger partial charge in [-0.1, -0.05) is 12.7 Å². The Balaban J connectivity index is 2.58. The molecule has 0 atom stereocenters. The number of rotatable bonds is 3. The molecule has 0 aliphatic rings. The molecule has 4 heteroatoms. The van der Waals surface area contributed by atoms with E-state index in [2.05, 4.69) is 16.5 Å². The minimum atomic E-state index is -0.0583. The number of nitrogens with zero attached hydrogens (tertiary/aromatic N) is 3. The molecule has 3 heterocycles. The van der Waals surface area contributed by atoms with E-state index in [-0.39, 0.29) is 6.61 Å². The molecule has 1 N–H and O–H groups in total. The molecule has 0 amide bonds. The van der Waals surface area contributed by atoms with Gasteiger partial charge in [0.05, 0.1) is 23.5 Å². The van der Waals surface area contributed by atoms with Gasteiger partial charge in [0.2, 0.25) is 0 Å². The van der Waals surface area contributed by atoms with Gasteiger partial charge in [-0.2, -0.15) is 0 Å². The standard InChI is InChI=1S/C16H15N3O/c1-3-5-15-13(4-2)18-16-12(10-20)8-11-9-17-7-6-14(11)19(15)16/h3-9,20H,2,10H2,1H3/b5-3-. The monoisotopic (exact) mass is 265 g/mol. The molecule has 0 spiro atoms. The molecule has 0 aliphatic carbocycles. The van der Waals surface area contributed by atoms with E-state index < -0.39 is 0 Å². The summed E-state index contributed by atoms with van der Waals surface area (Å²) in [5, 5.41) is 10.6. The highest BCUT2D eigenvalue weighted by atomic mass is 16.3. The van der Waals surface area contributed by atoms with E-state index in [1.54, 1.807) is 18.5 Å². The molecule has 0 unspecified atom stereocenters. The lowest BCUT2D eigenvalue weighted by Gasteiger charge is -2.07. The second-order valence-electron chi connectivity index (χ2n) is 4.51. The second-order valence-corrected chi connectivity index (χ2v) is 4.51. The van der Waals surface area contributed by atoms with Gasteiger partial charge in [-0.05, 0) is 31.2 Å². The smallest absolute Gasteiger partial charge is 0.144 e. The van der Waals surface area contributed by atoms with Crippen LogP contribution in [0.1, 0.15) is 23.9 Å². The van der Waals surface area contributed by atoms with E-state index in [0.717, 1.165) is 33.5 Å². The lowest BCUT2D eigenvalue weighted by molar-refractivity contribution is 0.283. The van der Waals surface area contributed by atoms with E-state index in [0.29, 0.717) is 0 Å². The van der Waals surface area contributed by atoms with Crippen LogP contribution in [0.2, 0.25) is 0 Å². The number of allylic oxidation sites excluding steroid dienone is 1. The van der Waals surface area contributed by atoms with Gasteiger partial charge in [0, 0.05) is 23.3 Å². The normalized spacial score (nSPS) is 11.7. The molecule has 0 bridgehead atoms. The largest absolute Gasteiger partial charge is 0.392 e. The van der Waals surface area contributed by atoms with Gasteiger partial charge in [-0.3, -0.25) is 9.38 Å². The van der Waals surface area contributed by atoms with E-state index in [1.807, 2.05) is 35.6 Å². The fourth-order valence-corrected chi connectivity index (χ4v) is 2.46. The van der Waals surface area contributed by atoms with Crippen molar-refractivity contribution in [2.45, 2.75) is 13.5 Å². The predicted octanol–water partition coefficient (Wildman–Crippen LogP) is 3.05. The minimum absolute atomic E-state index is 0.0583. The zero-order valence-electron chi connectivity index (χ0n) is 11.2. The van der Waals surface area contributed by atoms with Gasteiger partial charge in [-0.25, -0.2) is 4.98 Å². The van der Waals surface area contributed by atoms with Crippen molar-refractivity contribution in [1.29, 1.82) is 0 Å². The topological polar surface area (TPSA) is 50.4 Å². The van der Waals surface area contributed by atoms with Crippen LogP contribution in [0, 0.1) is 0 Å². The SMILES string of the molecule is C=Cc1nc2c(CO)cc3cnccc3n2c1/C=C\C.